The molecule has 0 radical (unpaired) electrons. The number of amides is 1. The van der Waals surface area contributed by atoms with Gasteiger partial charge in [0.2, 0.25) is 11.9 Å². The number of hydrogen-bond acceptors (Lipinski definition) is 8. The Morgan fingerprint density at radius 3 is 2.84 bits per heavy atom. The average Bonchev–Trinajstić information content (AvgIpc) is 3.52. The summed E-state index contributed by atoms with van der Waals surface area (Å²) in [6.07, 6.45) is 9.06. The number of nitrogens with zero attached hydrogens (tertiary/aromatic N) is 6. The Hall–Kier alpha value is -4.44. The normalized spacial score (nSPS) is 16.4. The van der Waals surface area contributed by atoms with E-state index in [9.17, 15) is 4.79 Å². The van der Waals surface area contributed by atoms with E-state index in [0.29, 0.717) is 23.1 Å². The standard InChI is InChI=1S/C28H30N8O2/c1-4-26(37)31-21-14-22(25(38-3)15-24(21)35-17-28(18-35)10-7-12-34(28)2)33-27-29-11-9-20(32-27)19-16-30-36-13-6-5-8-23(19)36/h4-6,8-9,11,13-16H,1,7,10,12,17-18H2,2-3H3,(H,31,37)(H,29,32,33). The third-order valence-electron chi connectivity index (χ3n) is 7.62. The number of hydrogen-bond donors (Lipinski definition) is 2. The van der Waals surface area contributed by atoms with Gasteiger partial charge in [0.25, 0.3) is 0 Å². The Morgan fingerprint density at radius 2 is 2.08 bits per heavy atom. The first kappa shape index (κ1) is 23.9. The maximum atomic E-state index is 12.3. The van der Waals surface area contributed by atoms with Gasteiger partial charge in [-0.25, -0.2) is 14.5 Å². The van der Waals surface area contributed by atoms with Crippen LogP contribution in [0.25, 0.3) is 16.8 Å². The number of carbonyl (C=O) groups is 1. The molecule has 2 N–H and O–H groups in total. The number of likely N-dealkylation sites (N-methyl/N-ethyl adjacent to an activating group) is 1. The molecule has 0 aliphatic carbocycles. The molecular formula is C28H30N8O2. The fourth-order valence-electron chi connectivity index (χ4n) is 5.51. The zero-order valence-electron chi connectivity index (χ0n) is 21.5. The van der Waals surface area contributed by atoms with Crippen LogP contribution in [0.1, 0.15) is 12.8 Å². The van der Waals surface area contributed by atoms with Crippen LogP contribution in [0.4, 0.5) is 23.0 Å². The van der Waals surface area contributed by atoms with E-state index < -0.39 is 0 Å². The number of carbonyl (C=O) groups excluding carboxylic acids is 1. The van der Waals surface area contributed by atoms with Crippen molar-refractivity contribution in [2.75, 3.05) is 49.3 Å². The first-order chi connectivity index (χ1) is 18.5. The molecule has 194 valence electrons. The molecule has 5 heterocycles. The van der Waals surface area contributed by atoms with Crippen molar-refractivity contribution in [3.63, 3.8) is 0 Å². The highest BCUT2D eigenvalue weighted by molar-refractivity contribution is 6.02. The number of nitrogens with one attached hydrogen (secondary N) is 2. The number of benzene rings is 1. The summed E-state index contributed by atoms with van der Waals surface area (Å²) in [7, 11) is 3.82. The molecule has 2 fully saturated rings. The van der Waals surface area contributed by atoms with Crippen LogP contribution >= 0.6 is 0 Å². The molecule has 38 heavy (non-hydrogen) atoms. The van der Waals surface area contributed by atoms with Crippen LogP contribution in [-0.4, -0.2) is 69.7 Å². The van der Waals surface area contributed by atoms with Crippen molar-refractivity contribution in [2.24, 2.45) is 0 Å². The number of likely N-dealkylation sites (tertiary alicyclic amines) is 1. The zero-order valence-corrected chi connectivity index (χ0v) is 21.5. The van der Waals surface area contributed by atoms with Crippen molar-refractivity contribution >= 4 is 34.4 Å². The summed E-state index contributed by atoms with van der Waals surface area (Å²) >= 11 is 0. The van der Waals surface area contributed by atoms with E-state index in [4.69, 9.17) is 9.72 Å². The molecule has 2 aliphatic rings. The van der Waals surface area contributed by atoms with Gasteiger partial charge in [-0.3, -0.25) is 9.69 Å². The predicted octanol–water partition coefficient (Wildman–Crippen LogP) is 3.95. The number of anilines is 4. The lowest BCUT2D eigenvalue weighted by Crippen LogP contribution is -2.67. The fourth-order valence-corrected chi connectivity index (χ4v) is 5.51. The molecule has 1 spiro atoms. The van der Waals surface area contributed by atoms with Gasteiger partial charge in [0, 0.05) is 37.1 Å². The molecule has 0 saturated carbocycles. The smallest absolute Gasteiger partial charge is 0.247 e. The Balaban J connectivity index is 1.32. The summed E-state index contributed by atoms with van der Waals surface area (Å²) in [6, 6.07) is 11.6. The summed E-state index contributed by atoms with van der Waals surface area (Å²) in [5, 5.41) is 10.7. The highest BCUT2D eigenvalue weighted by Gasteiger charge is 2.49. The molecule has 2 aliphatic heterocycles. The second-order valence-electron chi connectivity index (χ2n) is 9.85. The molecule has 1 amide bonds. The van der Waals surface area contributed by atoms with Crippen LogP contribution in [0.15, 0.2) is 67.6 Å². The third kappa shape index (κ3) is 4.12. The fraction of sp³-hybridized carbons (Fsp3) is 0.286. The number of pyridine rings is 1. The van der Waals surface area contributed by atoms with Crippen molar-refractivity contribution in [1.29, 1.82) is 0 Å². The van der Waals surface area contributed by atoms with E-state index in [1.54, 1.807) is 19.5 Å². The lowest BCUT2D eigenvalue weighted by atomic mass is 9.86. The van der Waals surface area contributed by atoms with Gasteiger partial charge in [-0.1, -0.05) is 12.6 Å². The molecule has 0 bridgehead atoms. The van der Waals surface area contributed by atoms with E-state index in [1.165, 1.54) is 18.9 Å². The van der Waals surface area contributed by atoms with Crippen molar-refractivity contribution in [1.82, 2.24) is 24.5 Å². The lowest BCUT2D eigenvalue weighted by molar-refractivity contribution is -0.111. The zero-order chi connectivity index (χ0) is 26.3. The van der Waals surface area contributed by atoms with Crippen molar-refractivity contribution < 1.29 is 9.53 Å². The van der Waals surface area contributed by atoms with Gasteiger partial charge in [0.1, 0.15) is 5.75 Å². The maximum absolute atomic E-state index is 12.3. The molecule has 6 rings (SSSR count). The van der Waals surface area contributed by atoms with Crippen molar-refractivity contribution in [3.8, 4) is 17.0 Å². The molecule has 1 aromatic carbocycles. The van der Waals surface area contributed by atoms with E-state index in [1.807, 2.05) is 47.1 Å². The highest BCUT2D eigenvalue weighted by Crippen LogP contribution is 2.45. The minimum Gasteiger partial charge on any atom is -0.494 e. The van der Waals surface area contributed by atoms with Crippen molar-refractivity contribution in [2.45, 2.75) is 18.4 Å². The Labute approximate surface area is 220 Å². The highest BCUT2D eigenvalue weighted by atomic mass is 16.5. The Kier molecular flexibility index (Phi) is 5.96. The Bertz CT molecular complexity index is 1520. The molecule has 2 saturated heterocycles. The third-order valence-corrected chi connectivity index (χ3v) is 7.62. The number of ether oxygens (including phenoxy) is 1. The van der Waals surface area contributed by atoms with E-state index in [0.717, 1.165) is 42.1 Å². The van der Waals surface area contributed by atoms with Crippen molar-refractivity contribution in [3.05, 3.63) is 67.6 Å². The van der Waals surface area contributed by atoms with Crippen LogP contribution in [0, 0.1) is 0 Å². The number of aromatic nitrogens is 4. The molecule has 10 nitrogen and oxygen atoms in total. The van der Waals surface area contributed by atoms with Gasteiger partial charge in [0.05, 0.1) is 47.1 Å². The minimum atomic E-state index is -0.276. The van der Waals surface area contributed by atoms with Gasteiger partial charge in [-0.15, -0.1) is 0 Å². The van der Waals surface area contributed by atoms with Crippen LogP contribution in [0.2, 0.25) is 0 Å². The van der Waals surface area contributed by atoms with Crippen LogP contribution < -0.4 is 20.3 Å². The number of rotatable bonds is 7. The van der Waals surface area contributed by atoms with Crippen LogP contribution in [0.3, 0.4) is 0 Å². The van der Waals surface area contributed by atoms with E-state index in [2.05, 4.69) is 44.1 Å². The molecule has 4 aromatic rings. The Morgan fingerprint density at radius 1 is 1.21 bits per heavy atom. The second-order valence-corrected chi connectivity index (χ2v) is 9.85. The average molecular weight is 511 g/mol. The minimum absolute atomic E-state index is 0.205. The largest absolute Gasteiger partial charge is 0.494 e. The van der Waals surface area contributed by atoms with Gasteiger partial charge < -0.3 is 20.3 Å². The quantitative estimate of drug-likeness (QED) is 0.361. The van der Waals surface area contributed by atoms with E-state index in [-0.39, 0.29) is 11.4 Å². The summed E-state index contributed by atoms with van der Waals surface area (Å²) in [5.41, 5.74) is 5.03. The van der Waals surface area contributed by atoms with Crippen LogP contribution in [-0.2, 0) is 4.79 Å². The predicted molar refractivity (Wildman–Crippen MR) is 148 cm³/mol. The topological polar surface area (TPSA) is 99.9 Å². The first-order valence-corrected chi connectivity index (χ1v) is 12.6. The summed E-state index contributed by atoms with van der Waals surface area (Å²) in [5.74, 6) is 0.754. The molecule has 3 aromatic heterocycles. The molecule has 0 unspecified atom stereocenters. The number of methoxy groups -OCH3 is 1. The summed E-state index contributed by atoms with van der Waals surface area (Å²) in [6.45, 7) is 6.54. The van der Waals surface area contributed by atoms with E-state index >= 15 is 0 Å². The van der Waals surface area contributed by atoms with Gasteiger partial charge in [-0.05, 0) is 56.8 Å². The SMILES string of the molecule is C=CC(=O)Nc1cc(Nc2nccc(-c3cnn4ccccc34)n2)c(OC)cc1N1CC2(CCCN2C)C1. The van der Waals surface area contributed by atoms with Crippen LogP contribution in [0.5, 0.6) is 5.75 Å². The second kappa shape index (κ2) is 9.46. The maximum Gasteiger partial charge on any atom is 0.247 e. The van der Waals surface area contributed by atoms with Gasteiger partial charge in [-0.2, -0.15) is 5.10 Å². The lowest BCUT2D eigenvalue weighted by Gasteiger charge is -2.53. The van der Waals surface area contributed by atoms with Gasteiger partial charge in [0.15, 0.2) is 0 Å². The monoisotopic (exact) mass is 510 g/mol. The van der Waals surface area contributed by atoms with Gasteiger partial charge >= 0.3 is 0 Å². The summed E-state index contributed by atoms with van der Waals surface area (Å²) < 4.78 is 7.57. The summed E-state index contributed by atoms with van der Waals surface area (Å²) in [4.78, 5) is 26.2. The number of fused-ring (bicyclic) bond motifs is 1. The molecule has 10 heteroatoms. The first-order valence-electron chi connectivity index (χ1n) is 12.6. The molecular weight excluding hydrogens is 480 g/mol. The molecule has 0 atom stereocenters.